The molecule has 3 aromatic rings. The van der Waals surface area contributed by atoms with Crippen molar-refractivity contribution in [2.45, 2.75) is 19.0 Å². The monoisotopic (exact) mass is 550 g/mol. The molecule has 198 valence electrons. The lowest BCUT2D eigenvalue weighted by molar-refractivity contribution is -0.123. The minimum Gasteiger partial charge on any atom is -0.359 e. The highest BCUT2D eigenvalue weighted by Gasteiger charge is 2.63. The standard InChI is InChI=1S/C32H23ClN2O5/c1-18(36)19-9-13-24(14-10-19)35-31(39)26-25-17-22(29(37)20-5-3-2-4-6-20)15-16-34(25)28(27(26)32(35)40)30(38)21-7-11-23(33)12-8-21/h2-17,25-28H,1H3/t25-,26+,27+,28-/m0/s1. The number of halogens is 1. The van der Waals surface area contributed by atoms with Crippen LogP contribution >= 0.6 is 11.6 Å². The van der Waals surface area contributed by atoms with Gasteiger partial charge in [-0.2, -0.15) is 0 Å². The van der Waals surface area contributed by atoms with Gasteiger partial charge in [-0.15, -0.1) is 0 Å². The number of nitrogens with zero attached hydrogens (tertiary/aromatic N) is 2. The Kier molecular flexibility index (Phi) is 6.31. The van der Waals surface area contributed by atoms with Crippen LogP contribution in [0.3, 0.4) is 0 Å². The van der Waals surface area contributed by atoms with E-state index in [1.54, 1.807) is 96.0 Å². The molecule has 0 radical (unpaired) electrons. The van der Waals surface area contributed by atoms with Crippen LogP contribution in [-0.2, 0) is 9.59 Å². The molecule has 0 saturated carbocycles. The third-order valence-electron chi connectivity index (χ3n) is 7.78. The van der Waals surface area contributed by atoms with Crippen LogP contribution in [0.4, 0.5) is 5.69 Å². The lowest BCUT2D eigenvalue weighted by Gasteiger charge is -2.32. The molecular weight excluding hydrogens is 528 g/mol. The lowest BCUT2D eigenvalue weighted by atomic mass is 9.85. The highest BCUT2D eigenvalue weighted by molar-refractivity contribution is 6.30. The molecule has 4 atom stereocenters. The average molecular weight is 551 g/mol. The first-order valence-corrected chi connectivity index (χ1v) is 13.2. The summed E-state index contributed by atoms with van der Waals surface area (Å²) in [5.74, 6) is -3.48. The second kappa shape index (κ2) is 9.84. The normalized spacial score (nSPS) is 23.1. The van der Waals surface area contributed by atoms with Gasteiger partial charge >= 0.3 is 0 Å². The maximum absolute atomic E-state index is 13.9. The van der Waals surface area contributed by atoms with Crippen LogP contribution in [0.15, 0.2) is 103 Å². The van der Waals surface area contributed by atoms with Crippen LogP contribution in [-0.4, -0.2) is 46.1 Å². The zero-order valence-electron chi connectivity index (χ0n) is 21.4. The summed E-state index contributed by atoms with van der Waals surface area (Å²) < 4.78 is 0. The van der Waals surface area contributed by atoms with E-state index in [9.17, 15) is 24.0 Å². The molecule has 40 heavy (non-hydrogen) atoms. The maximum atomic E-state index is 13.9. The maximum Gasteiger partial charge on any atom is 0.240 e. The molecule has 0 aromatic heterocycles. The number of amides is 2. The number of ketones is 3. The summed E-state index contributed by atoms with van der Waals surface area (Å²) in [7, 11) is 0. The molecule has 2 fully saturated rings. The Morgan fingerprint density at radius 3 is 2.02 bits per heavy atom. The molecular formula is C32H23ClN2O5. The Labute approximate surface area is 235 Å². The molecule has 8 heteroatoms. The Morgan fingerprint density at radius 2 is 1.38 bits per heavy atom. The van der Waals surface area contributed by atoms with Crippen molar-refractivity contribution in [2.24, 2.45) is 11.8 Å². The summed E-state index contributed by atoms with van der Waals surface area (Å²) in [5.41, 5.74) is 2.03. The van der Waals surface area contributed by atoms with Gasteiger partial charge in [0.1, 0.15) is 6.04 Å². The van der Waals surface area contributed by atoms with E-state index >= 15 is 0 Å². The fourth-order valence-corrected chi connectivity index (χ4v) is 5.96. The van der Waals surface area contributed by atoms with Crippen molar-refractivity contribution in [1.82, 2.24) is 4.90 Å². The topological polar surface area (TPSA) is 91.8 Å². The largest absolute Gasteiger partial charge is 0.359 e. The van der Waals surface area contributed by atoms with Crippen LogP contribution in [0, 0.1) is 11.8 Å². The third kappa shape index (κ3) is 4.10. The van der Waals surface area contributed by atoms with Crippen molar-refractivity contribution in [3.8, 4) is 0 Å². The van der Waals surface area contributed by atoms with Gasteiger partial charge in [-0.1, -0.05) is 48.0 Å². The van der Waals surface area contributed by atoms with Crippen LogP contribution < -0.4 is 4.90 Å². The second-order valence-corrected chi connectivity index (χ2v) is 10.5. The number of anilines is 1. The number of carbonyl (C=O) groups excluding carboxylic acids is 5. The van der Waals surface area contributed by atoms with E-state index in [1.165, 1.54) is 6.92 Å². The van der Waals surface area contributed by atoms with Crippen LogP contribution in [0.5, 0.6) is 0 Å². The number of benzene rings is 3. The van der Waals surface area contributed by atoms with E-state index < -0.39 is 35.7 Å². The molecule has 3 heterocycles. The van der Waals surface area contributed by atoms with Crippen molar-refractivity contribution in [3.63, 3.8) is 0 Å². The summed E-state index contributed by atoms with van der Waals surface area (Å²) in [6, 6.07) is 19.8. The molecule has 0 bridgehead atoms. The molecule has 0 aliphatic carbocycles. The summed E-state index contributed by atoms with van der Waals surface area (Å²) in [6.07, 6.45) is 4.96. The minimum absolute atomic E-state index is 0.137. The Bertz CT molecular complexity index is 1630. The van der Waals surface area contributed by atoms with E-state index in [0.717, 1.165) is 4.90 Å². The first-order chi connectivity index (χ1) is 19.3. The van der Waals surface area contributed by atoms with Crippen LogP contribution in [0.1, 0.15) is 38.0 Å². The summed E-state index contributed by atoms with van der Waals surface area (Å²) in [6.45, 7) is 1.43. The molecule has 2 amide bonds. The first kappa shape index (κ1) is 25.6. The Balaban J connectivity index is 1.42. The number of rotatable bonds is 6. The zero-order chi connectivity index (χ0) is 28.1. The molecule has 0 spiro atoms. The van der Waals surface area contributed by atoms with Gasteiger partial charge in [-0.05, 0) is 61.5 Å². The number of Topliss-reactive ketones (excluding diaryl/α,β-unsaturated/α-hetero) is 3. The van der Waals surface area contributed by atoms with Crippen LogP contribution in [0.2, 0.25) is 5.02 Å². The second-order valence-electron chi connectivity index (χ2n) is 10.1. The highest BCUT2D eigenvalue weighted by atomic mass is 35.5. The summed E-state index contributed by atoms with van der Waals surface area (Å²) in [4.78, 5) is 69.5. The molecule has 3 aliphatic rings. The minimum atomic E-state index is -0.972. The summed E-state index contributed by atoms with van der Waals surface area (Å²) >= 11 is 6.03. The number of imide groups is 1. The number of fused-ring (bicyclic) bond motifs is 3. The van der Waals surface area contributed by atoms with Gasteiger partial charge in [0.2, 0.25) is 11.8 Å². The zero-order valence-corrected chi connectivity index (χ0v) is 22.1. The predicted molar refractivity (Wildman–Crippen MR) is 149 cm³/mol. The van der Waals surface area contributed by atoms with Gasteiger partial charge in [0.15, 0.2) is 17.3 Å². The molecule has 0 N–H and O–H groups in total. The fourth-order valence-electron chi connectivity index (χ4n) is 5.84. The van der Waals surface area contributed by atoms with E-state index in [-0.39, 0.29) is 17.3 Å². The van der Waals surface area contributed by atoms with Gasteiger partial charge in [-0.3, -0.25) is 24.0 Å². The number of hydrogen-bond acceptors (Lipinski definition) is 6. The van der Waals surface area contributed by atoms with Crippen molar-refractivity contribution >= 4 is 46.5 Å². The molecule has 0 unspecified atom stereocenters. The van der Waals surface area contributed by atoms with Gasteiger partial charge < -0.3 is 4.90 Å². The fraction of sp³-hybridized carbons (Fsp3) is 0.156. The van der Waals surface area contributed by atoms with Gasteiger partial charge in [0.05, 0.1) is 23.6 Å². The molecule has 3 aromatic carbocycles. The van der Waals surface area contributed by atoms with E-state index in [1.807, 2.05) is 6.07 Å². The SMILES string of the molecule is CC(=O)c1ccc(N2C(=O)[C@@H]3[C@H](C2=O)[C@@H]2C=C(C(=O)c4ccccc4)C=CN2[C@@H]3C(=O)c2ccc(Cl)cc2)cc1. The quantitative estimate of drug-likeness (QED) is 0.319. The first-order valence-electron chi connectivity index (χ1n) is 12.8. The number of carbonyl (C=O) groups is 5. The lowest BCUT2D eigenvalue weighted by Crippen LogP contribution is -2.46. The Morgan fingerprint density at radius 1 is 0.750 bits per heavy atom. The number of allylic oxidation sites excluding steroid dienone is 2. The molecule has 2 saturated heterocycles. The number of hydrogen-bond donors (Lipinski definition) is 0. The molecule has 6 rings (SSSR count). The predicted octanol–water partition coefficient (Wildman–Crippen LogP) is 4.92. The van der Waals surface area contributed by atoms with Crippen LogP contribution in [0.25, 0.3) is 0 Å². The van der Waals surface area contributed by atoms with Crippen molar-refractivity contribution in [2.75, 3.05) is 4.90 Å². The highest BCUT2D eigenvalue weighted by Crippen LogP contribution is 2.47. The van der Waals surface area contributed by atoms with Crippen molar-refractivity contribution in [1.29, 1.82) is 0 Å². The smallest absolute Gasteiger partial charge is 0.240 e. The van der Waals surface area contributed by atoms with Gasteiger partial charge in [0, 0.05) is 33.5 Å². The van der Waals surface area contributed by atoms with Gasteiger partial charge in [-0.25, -0.2) is 4.90 Å². The average Bonchev–Trinajstić information content (AvgIpc) is 3.44. The molecule has 3 aliphatic heterocycles. The van der Waals surface area contributed by atoms with Crippen molar-refractivity contribution in [3.05, 3.63) is 125 Å². The van der Waals surface area contributed by atoms with E-state index in [2.05, 4.69) is 0 Å². The molecule has 7 nitrogen and oxygen atoms in total. The van der Waals surface area contributed by atoms with Crippen molar-refractivity contribution < 1.29 is 24.0 Å². The van der Waals surface area contributed by atoms with E-state index in [4.69, 9.17) is 11.6 Å². The Hall–Kier alpha value is -4.62. The third-order valence-corrected chi connectivity index (χ3v) is 8.03. The van der Waals surface area contributed by atoms with E-state index in [0.29, 0.717) is 33.0 Å². The summed E-state index contributed by atoms with van der Waals surface area (Å²) in [5, 5.41) is 0.468. The van der Waals surface area contributed by atoms with Gasteiger partial charge in [0.25, 0.3) is 0 Å².